The molecule has 29 heavy (non-hydrogen) atoms. The first-order valence-corrected chi connectivity index (χ1v) is 10.1. The molecule has 2 amide bonds. The molecule has 4 heteroatoms. The largest absolute Gasteiger partial charge is 0.344 e. The first-order valence-electron chi connectivity index (χ1n) is 10.1. The molecule has 0 radical (unpaired) electrons. The molecule has 2 aromatic rings. The molecule has 0 aliphatic heterocycles. The average Bonchev–Trinajstić information content (AvgIpc) is 2.67. The first kappa shape index (κ1) is 22.4. The number of hydrogen-bond donors (Lipinski definition) is 2. The van der Waals surface area contributed by atoms with Crippen molar-refractivity contribution in [2.75, 3.05) is 0 Å². The van der Waals surface area contributed by atoms with Crippen LogP contribution in [0.5, 0.6) is 0 Å². The third-order valence-electron chi connectivity index (χ3n) is 4.74. The molecule has 2 rings (SSSR count). The van der Waals surface area contributed by atoms with Crippen molar-refractivity contribution in [3.63, 3.8) is 0 Å². The highest BCUT2D eigenvalue weighted by Crippen LogP contribution is 2.18. The number of hydrogen-bond acceptors (Lipinski definition) is 2. The van der Waals surface area contributed by atoms with Gasteiger partial charge in [0.25, 0.3) is 5.91 Å². The molecule has 0 aromatic heterocycles. The molecule has 2 N–H and O–H groups in total. The monoisotopic (exact) mass is 392 g/mol. The standard InChI is InChI=1S/C25H32N2O2/c1-17(2)20-14-12-19(13-15-20)16-22(27-24(29)25(4,5)6)23(28)26-18(3)21-10-8-7-9-11-21/h7-18H,1-6H3,(H,26,28)(H,27,29)/b22-16-. The normalized spacial score (nSPS) is 13.1. The second-order valence-electron chi connectivity index (χ2n) is 8.69. The Morgan fingerprint density at radius 1 is 0.862 bits per heavy atom. The molecular formula is C25H32N2O2. The highest BCUT2D eigenvalue weighted by molar-refractivity contribution is 6.02. The van der Waals surface area contributed by atoms with Gasteiger partial charge in [-0.3, -0.25) is 9.59 Å². The predicted molar refractivity (Wildman–Crippen MR) is 119 cm³/mol. The highest BCUT2D eigenvalue weighted by atomic mass is 16.2. The van der Waals surface area contributed by atoms with Crippen molar-refractivity contribution in [1.82, 2.24) is 10.6 Å². The summed E-state index contributed by atoms with van der Waals surface area (Å²) in [5.41, 5.74) is 2.73. The SMILES string of the molecule is CC(C)c1ccc(/C=C(\NC(=O)C(C)(C)C)C(=O)NC(C)c2ccccc2)cc1. The number of benzene rings is 2. The maximum Gasteiger partial charge on any atom is 0.268 e. The molecule has 0 heterocycles. The van der Waals surface area contributed by atoms with Gasteiger partial charge in [-0.15, -0.1) is 0 Å². The summed E-state index contributed by atoms with van der Waals surface area (Å²) in [6.07, 6.45) is 1.72. The summed E-state index contributed by atoms with van der Waals surface area (Å²) in [6, 6.07) is 17.6. The van der Waals surface area contributed by atoms with Gasteiger partial charge >= 0.3 is 0 Å². The van der Waals surface area contributed by atoms with Gasteiger partial charge in [-0.05, 0) is 35.6 Å². The fourth-order valence-corrected chi connectivity index (χ4v) is 2.71. The van der Waals surface area contributed by atoms with Crippen LogP contribution in [-0.2, 0) is 9.59 Å². The third-order valence-corrected chi connectivity index (χ3v) is 4.74. The molecule has 0 aliphatic rings. The van der Waals surface area contributed by atoms with Crippen LogP contribution >= 0.6 is 0 Å². The van der Waals surface area contributed by atoms with E-state index in [-0.39, 0.29) is 23.6 Å². The van der Waals surface area contributed by atoms with Gasteiger partial charge in [0.1, 0.15) is 5.70 Å². The van der Waals surface area contributed by atoms with E-state index < -0.39 is 5.41 Å². The molecule has 0 saturated carbocycles. The van der Waals surface area contributed by atoms with Crippen LogP contribution in [-0.4, -0.2) is 11.8 Å². The Balaban J connectivity index is 2.28. The molecule has 154 valence electrons. The zero-order chi connectivity index (χ0) is 21.6. The van der Waals surface area contributed by atoms with Crippen LogP contribution in [0.15, 0.2) is 60.3 Å². The minimum atomic E-state index is -0.605. The second-order valence-corrected chi connectivity index (χ2v) is 8.69. The molecule has 0 bridgehead atoms. The molecular weight excluding hydrogens is 360 g/mol. The summed E-state index contributed by atoms with van der Waals surface area (Å²) in [6.45, 7) is 11.7. The molecule has 2 aromatic carbocycles. The fourth-order valence-electron chi connectivity index (χ4n) is 2.71. The van der Waals surface area contributed by atoms with Gasteiger partial charge in [0.15, 0.2) is 0 Å². The van der Waals surface area contributed by atoms with Crippen LogP contribution in [0.25, 0.3) is 6.08 Å². The van der Waals surface area contributed by atoms with Gasteiger partial charge in [0.05, 0.1) is 6.04 Å². The van der Waals surface area contributed by atoms with Crippen LogP contribution in [0, 0.1) is 5.41 Å². The maximum atomic E-state index is 13.0. The Labute approximate surface area is 174 Å². The Hall–Kier alpha value is -2.88. The van der Waals surface area contributed by atoms with Crippen molar-refractivity contribution in [2.45, 2.75) is 53.5 Å². The topological polar surface area (TPSA) is 58.2 Å². The smallest absolute Gasteiger partial charge is 0.268 e. The van der Waals surface area contributed by atoms with Crippen molar-refractivity contribution in [2.24, 2.45) is 5.41 Å². The van der Waals surface area contributed by atoms with Gasteiger partial charge in [-0.2, -0.15) is 0 Å². The summed E-state index contributed by atoms with van der Waals surface area (Å²) < 4.78 is 0. The summed E-state index contributed by atoms with van der Waals surface area (Å²) >= 11 is 0. The van der Waals surface area contributed by atoms with E-state index in [2.05, 4.69) is 24.5 Å². The first-order chi connectivity index (χ1) is 13.6. The van der Waals surface area contributed by atoms with Crippen molar-refractivity contribution < 1.29 is 9.59 Å². The molecule has 0 spiro atoms. The number of rotatable bonds is 6. The summed E-state index contributed by atoms with van der Waals surface area (Å²) in [5.74, 6) is -0.0833. The molecule has 1 atom stereocenters. The maximum absolute atomic E-state index is 13.0. The fraction of sp³-hybridized carbons (Fsp3) is 0.360. The third kappa shape index (κ3) is 6.60. The summed E-state index contributed by atoms with van der Waals surface area (Å²) in [4.78, 5) is 25.5. The Morgan fingerprint density at radius 3 is 1.97 bits per heavy atom. The molecule has 0 fully saturated rings. The molecule has 4 nitrogen and oxygen atoms in total. The van der Waals surface area contributed by atoms with Crippen LogP contribution in [0.2, 0.25) is 0 Å². The van der Waals surface area contributed by atoms with E-state index in [1.807, 2.05) is 82.3 Å². The van der Waals surface area contributed by atoms with Gasteiger partial charge in [-0.25, -0.2) is 0 Å². The highest BCUT2D eigenvalue weighted by Gasteiger charge is 2.24. The summed E-state index contributed by atoms with van der Waals surface area (Å²) in [5, 5.41) is 5.79. The molecule has 0 saturated heterocycles. The van der Waals surface area contributed by atoms with Gasteiger partial charge < -0.3 is 10.6 Å². The lowest BCUT2D eigenvalue weighted by Gasteiger charge is -2.21. The predicted octanol–water partition coefficient (Wildman–Crippen LogP) is 5.19. The van der Waals surface area contributed by atoms with Crippen molar-refractivity contribution in [3.05, 3.63) is 77.0 Å². The lowest BCUT2D eigenvalue weighted by atomic mass is 9.95. The zero-order valence-corrected chi connectivity index (χ0v) is 18.2. The van der Waals surface area contributed by atoms with Crippen molar-refractivity contribution in [3.8, 4) is 0 Å². The minimum absolute atomic E-state index is 0.179. The van der Waals surface area contributed by atoms with E-state index >= 15 is 0 Å². The van der Waals surface area contributed by atoms with E-state index in [9.17, 15) is 9.59 Å². The average molecular weight is 393 g/mol. The van der Waals surface area contributed by atoms with E-state index in [0.29, 0.717) is 5.92 Å². The van der Waals surface area contributed by atoms with E-state index in [4.69, 9.17) is 0 Å². The molecule has 0 aliphatic carbocycles. The van der Waals surface area contributed by atoms with Gasteiger partial charge in [-0.1, -0.05) is 89.2 Å². The van der Waals surface area contributed by atoms with Crippen molar-refractivity contribution >= 4 is 17.9 Å². The van der Waals surface area contributed by atoms with Crippen molar-refractivity contribution in [1.29, 1.82) is 0 Å². The lowest BCUT2D eigenvalue weighted by Crippen LogP contribution is -2.40. The van der Waals surface area contributed by atoms with E-state index in [1.54, 1.807) is 6.08 Å². The number of carbonyl (C=O) groups is 2. The quantitative estimate of drug-likeness (QED) is 0.665. The van der Waals surface area contributed by atoms with Crippen LogP contribution in [0.1, 0.15) is 70.2 Å². The van der Waals surface area contributed by atoms with E-state index in [0.717, 1.165) is 11.1 Å². The lowest BCUT2D eigenvalue weighted by molar-refractivity contribution is -0.129. The zero-order valence-electron chi connectivity index (χ0n) is 18.2. The number of amides is 2. The van der Waals surface area contributed by atoms with Crippen LogP contribution in [0.4, 0.5) is 0 Å². The Morgan fingerprint density at radius 2 is 1.45 bits per heavy atom. The Kier molecular flexibility index (Phi) is 7.38. The molecule has 1 unspecified atom stereocenters. The van der Waals surface area contributed by atoms with Crippen LogP contribution in [0.3, 0.4) is 0 Å². The number of nitrogens with one attached hydrogen (secondary N) is 2. The van der Waals surface area contributed by atoms with E-state index in [1.165, 1.54) is 5.56 Å². The van der Waals surface area contributed by atoms with Crippen LogP contribution < -0.4 is 10.6 Å². The minimum Gasteiger partial charge on any atom is -0.344 e. The second kappa shape index (κ2) is 9.55. The number of carbonyl (C=O) groups excluding carboxylic acids is 2. The van der Waals surface area contributed by atoms with Gasteiger partial charge in [0.2, 0.25) is 5.91 Å². The Bertz CT molecular complexity index is 860. The van der Waals surface area contributed by atoms with Gasteiger partial charge in [0, 0.05) is 5.41 Å². The summed E-state index contributed by atoms with van der Waals surface area (Å²) in [7, 11) is 0.